The zero-order valence-electron chi connectivity index (χ0n) is 22.8. The highest BCUT2D eigenvalue weighted by molar-refractivity contribution is 6.08. The summed E-state index contributed by atoms with van der Waals surface area (Å²) in [6.45, 7) is 7.46. The van der Waals surface area contributed by atoms with E-state index < -0.39 is 6.36 Å². The minimum atomic E-state index is -4.78. The van der Waals surface area contributed by atoms with Gasteiger partial charge >= 0.3 is 6.36 Å². The maximum absolute atomic E-state index is 13.2. The first kappa shape index (κ1) is 29.0. The number of alkyl halides is 3. The molecule has 0 unspecified atom stereocenters. The molecule has 0 spiro atoms. The summed E-state index contributed by atoms with van der Waals surface area (Å²) in [6.07, 6.45) is -2.84. The fourth-order valence-electron chi connectivity index (χ4n) is 4.60. The highest BCUT2D eigenvalue weighted by Gasteiger charge is 2.31. The lowest BCUT2D eigenvalue weighted by Crippen LogP contribution is -2.42. The number of piperidine rings is 1. The van der Waals surface area contributed by atoms with Crippen molar-refractivity contribution in [3.8, 4) is 22.6 Å². The van der Waals surface area contributed by atoms with Crippen molar-refractivity contribution in [3.63, 3.8) is 0 Å². The number of carbonyl (C=O) groups excluding carboxylic acids is 2. The number of rotatable bonds is 7. The number of nitrogens with one attached hydrogen (secondary N) is 1. The Bertz CT molecular complexity index is 1330. The average molecular weight is 555 g/mol. The Morgan fingerprint density at radius 2 is 1.57 bits per heavy atom. The zero-order chi connectivity index (χ0) is 28.9. The number of anilines is 1. The molecule has 0 radical (unpaired) electrons. The number of likely N-dealkylation sites (tertiary alicyclic amines) is 1. The summed E-state index contributed by atoms with van der Waals surface area (Å²) in [6, 6.07) is 19.3. The maximum Gasteiger partial charge on any atom is 0.573 e. The maximum atomic E-state index is 13.2. The van der Waals surface area contributed by atoms with Crippen molar-refractivity contribution in [1.29, 1.82) is 0 Å². The van der Waals surface area contributed by atoms with Gasteiger partial charge in [0.1, 0.15) is 17.6 Å². The van der Waals surface area contributed by atoms with Crippen LogP contribution in [0, 0.1) is 5.41 Å². The van der Waals surface area contributed by atoms with Crippen LogP contribution >= 0.6 is 0 Å². The molecule has 212 valence electrons. The van der Waals surface area contributed by atoms with Gasteiger partial charge < -0.3 is 19.7 Å². The van der Waals surface area contributed by atoms with Crippen molar-refractivity contribution < 1.29 is 32.2 Å². The Kier molecular flexibility index (Phi) is 8.71. The van der Waals surface area contributed by atoms with Crippen molar-refractivity contribution in [2.24, 2.45) is 5.41 Å². The first-order valence-corrected chi connectivity index (χ1v) is 13.2. The Hall–Kier alpha value is -4.01. The van der Waals surface area contributed by atoms with Crippen LogP contribution in [0.1, 0.15) is 50.4 Å². The van der Waals surface area contributed by atoms with E-state index in [0.717, 1.165) is 12.8 Å². The predicted molar refractivity (Wildman–Crippen MR) is 147 cm³/mol. The Balaban J connectivity index is 1.38. The lowest BCUT2D eigenvalue weighted by Gasteiger charge is -2.33. The molecule has 1 aliphatic rings. The lowest BCUT2D eigenvalue weighted by molar-refractivity contribution is -0.274. The van der Waals surface area contributed by atoms with Crippen LogP contribution in [0.15, 0.2) is 72.8 Å². The molecule has 9 heteroatoms. The summed E-state index contributed by atoms with van der Waals surface area (Å²) in [5, 5.41) is 2.89. The molecule has 40 heavy (non-hydrogen) atoms. The number of hydrogen-bond donors (Lipinski definition) is 1. The van der Waals surface area contributed by atoms with Gasteiger partial charge in [-0.3, -0.25) is 9.59 Å². The molecule has 0 bridgehead atoms. The quantitative estimate of drug-likeness (QED) is 0.333. The molecule has 4 rings (SSSR count). The van der Waals surface area contributed by atoms with E-state index in [1.54, 1.807) is 42.5 Å². The molecule has 1 heterocycles. The summed E-state index contributed by atoms with van der Waals surface area (Å²) in [5.74, 6) is 0.0820. The van der Waals surface area contributed by atoms with Gasteiger partial charge in [0.05, 0.1) is 0 Å². The van der Waals surface area contributed by atoms with E-state index >= 15 is 0 Å². The number of amides is 2. The van der Waals surface area contributed by atoms with Crippen LogP contribution < -0.4 is 14.8 Å². The van der Waals surface area contributed by atoms with Gasteiger partial charge in [-0.2, -0.15) is 0 Å². The summed E-state index contributed by atoms with van der Waals surface area (Å²) in [7, 11) is 0. The fourth-order valence-corrected chi connectivity index (χ4v) is 4.60. The van der Waals surface area contributed by atoms with Crippen LogP contribution in [-0.4, -0.2) is 42.3 Å². The largest absolute Gasteiger partial charge is 0.573 e. The fraction of sp³-hybridized carbons (Fsp3) is 0.355. The molecule has 1 saturated heterocycles. The summed E-state index contributed by atoms with van der Waals surface area (Å²) >= 11 is 0. The summed E-state index contributed by atoms with van der Waals surface area (Å²) in [5.41, 5.74) is 2.00. The standard InChI is InChI=1S/C31H33F3N2O4/c1-30(2,3)20-28(37)36-17-15-23(16-18-36)39-25-8-6-7-22(19-25)35-29(38)27-10-5-4-9-26(27)21-11-13-24(14-12-21)40-31(32,33)34/h4-14,19,23H,15-18,20H2,1-3H3,(H,35,38). The minimum Gasteiger partial charge on any atom is -0.490 e. The van der Waals surface area contributed by atoms with Gasteiger partial charge in [0.15, 0.2) is 0 Å². The number of halogens is 3. The van der Waals surface area contributed by atoms with Crippen LogP contribution in [0.2, 0.25) is 0 Å². The van der Waals surface area contributed by atoms with Gasteiger partial charge in [0.2, 0.25) is 5.91 Å². The van der Waals surface area contributed by atoms with E-state index in [4.69, 9.17) is 4.74 Å². The lowest BCUT2D eigenvalue weighted by atomic mass is 9.91. The minimum absolute atomic E-state index is 0.0327. The van der Waals surface area contributed by atoms with E-state index in [1.165, 1.54) is 24.3 Å². The second kappa shape index (κ2) is 12.0. The summed E-state index contributed by atoms with van der Waals surface area (Å²) < 4.78 is 47.6. The molecule has 3 aromatic carbocycles. The van der Waals surface area contributed by atoms with Gasteiger partial charge in [-0.1, -0.05) is 57.2 Å². The van der Waals surface area contributed by atoms with Crippen LogP contribution in [0.5, 0.6) is 11.5 Å². The first-order valence-electron chi connectivity index (χ1n) is 13.2. The van der Waals surface area contributed by atoms with Crippen LogP contribution in [-0.2, 0) is 4.79 Å². The van der Waals surface area contributed by atoms with Gasteiger partial charge in [-0.15, -0.1) is 13.2 Å². The van der Waals surface area contributed by atoms with Crippen LogP contribution in [0.4, 0.5) is 18.9 Å². The van der Waals surface area contributed by atoms with Gasteiger partial charge in [0.25, 0.3) is 5.91 Å². The number of hydrogen-bond acceptors (Lipinski definition) is 4. The monoisotopic (exact) mass is 554 g/mol. The van der Waals surface area contributed by atoms with E-state index in [2.05, 4.69) is 30.8 Å². The van der Waals surface area contributed by atoms with Crippen molar-refractivity contribution in [1.82, 2.24) is 4.90 Å². The topological polar surface area (TPSA) is 67.9 Å². The second-order valence-electron chi connectivity index (χ2n) is 11.0. The molecule has 0 aromatic heterocycles. The summed E-state index contributed by atoms with van der Waals surface area (Å²) in [4.78, 5) is 27.6. The third kappa shape index (κ3) is 8.24. The number of nitrogens with zero attached hydrogens (tertiary/aromatic N) is 1. The van der Waals surface area contributed by atoms with Gasteiger partial charge in [-0.25, -0.2) is 0 Å². The van der Waals surface area contributed by atoms with Crippen molar-refractivity contribution in [2.75, 3.05) is 18.4 Å². The Morgan fingerprint density at radius 3 is 2.23 bits per heavy atom. The molecular weight excluding hydrogens is 521 g/mol. The SMILES string of the molecule is CC(C)(C)CC(=O)N1CCC(Oc2cccc(NC(=O)c3ccccc3-c3ccc(OC(F)(F)F)cc3)c2)CC1. The van der Waals surface area contributed by atoms with Crippen LogP contribution in [0.25, 0.3) is 11.1 Å². The van der Waals surface area contributed by atoms with Gasteiger partial charge in [-0.05, 0) is 46.9 Å². The molecule has 0 atom stereocenters. The number of ether oxygens (including phenoxy) is 2. The second-order valence-corrected chi connectivity index (χ2v) is 11.0. The third-order valence-corrected chi connectivity index (χ3v) is 6.44. The first-order chi connectivity index (χ1) is 18.9. The van der Waals surface area contributed by atoms with E-state index in [0.29, 0.717) is 47.6 Å². The smallest absolute Gasteiger partial charge is 0.490 e. The molecule has 3 aromatic rings. The van der Waals surface area contributed by atoms with Crippen molar-refractivity contribution in [3.05, 3.63) is 78.4 Å². The molecule has 6 nitrogen and oxygen atoms in total. The normalized spacial score (nSPS) is 14.5. The van der Waals surface area contributed by atoms with E-state index in [1.807, 2.05) is 11.0 Å². The van der Waals surface area contributed by atoms with E-state index in [-0.39, 0.29) is 29.1 Å². The molecule has 0 aliphatic carbocycles. The van der Waals surface area contributed by atoms with Crippen molar-refractivity contribution in [2.45, 2.75) is 52.5 Å². The number of benzene rings is 3. The molecule has 1 aliphatic heterocycles. The predicted octanol–water partition coefficient (Wildman–Crippen LogP) is 7.31. The number of carbonyl (C=O) groups is 2. The Morgan fingerprint density at radius 1 is 0.900 bits per heavy atom. The average Bonchev–Trinajstić information content (AvgIpc) is 2.88. The molecule has 0 saturated carbocycles. The molecule has 1 N–H and O–H groups in total. The highest BCUT2D eigenvalue weighted by atomic mass is 19.4. The third-order valence-electron chi connectivity index (χ3n) is 6.44. The Labute approximate surface area is 232 Å². The van der Waals surface area contributed by atoms with Crippen molar-refractivity contribution >= 4 is 17.5 Å². The molecule has 2 amide bonds. The van der Waals surface area contributed by atoms with E-state index in [9.17, 15) is 22.8 Å². The molecule has 1 fully saturated rings. The zero-order valence-corrected chi connectivity index (χ0v) is 22.8. The van der Waals surface area contributed by atoms with Crippen LogP contribution in [0.3, 0.4) is 0 Å². The van der Waals surface area contributed by atoms with Gasteiger partial charge in [0, 0.05) is 49.7 Å². The molecular formula is C31H33F3N2O4. The highest BCUT2D eigenvalue weighted by Crippen LogP contribution is 2.30.